The van der Waals surface area contributed by atoms with E-state index in [0.29, 0.717) is 6.04 Å². The minimum Gasteiger partial charge on any atom is -0.494 e. The molecule has 0 aromatic heterocycles. The Hall–Kier alpha value is -1.06. The largest absolute Gasteiger partial charge is 0.494 e. The fourth-order valence-corrected chi connectivity index (χ4v) is 3.33. The normalized spacial score (nSPS) is 23.9. The number of benzene rings is 1. The fraction of sp³-hybridized carbons (Fsp3) is 0.625. The summed E-state index contributed by atoms with van der Waals surface area (Å²) >= 11 is 0. The molecule has 1 atom stereocenters. The summed E-state index contributed by atoms with van der Waals surface area (Å²) in [5.74, 6) is 1.00. The summed E-state index contributed by atoms with van der Waals surface area (Å²) < 4.78 is 5.61. The summed E-state index contributed by atoms with van der Waals surface area (Å²) in [6, 6.07) is 7.17. The van der Waals surface area contributed by atoms with Gasteiger partial charge in [0.25, 0.3) is 0 Å². The van der Waals surface area contributed by atoms with Crippen LogP contribution in [0.3, 0.4) is 0 Å². The highest BCUT2D eigenvalue weighted by Crippen LogP contribution is 2.31. The number of nitrogens with zero attached hydrogens (tertiary/aromatic N) is 1. The van der Waals surface area contributed by atoms with Crippen LogP contribution in [0, 0.1) is 0 Å². The lowest BCUT2D eigenvalue weighted by atomic mass is 9.94. The minimum absolute atomic E-state index is 0.555. The number of piperidine rings is 1. The van der Waals surface area contributed by atoms with Gasteiger partial charge < -0.3 is 10.1 Å². The van der Waals surface area contributed by atoms with Crippen LogP contribution < -0.4 is 10.1 Å². The van der Waals surface area contributed by atoms with Crippen molar-refractivity contribution in [3.63, 3.8) is 0 Å². The molecular weight excluding hydrogens is 236 g/mol. The van der Waals surface area contributed by atoms with E-state index in [-0.39, 0.29) is 0 Å². The molecule has 0 amide bonds. The summed E-state index contributed by atoms with van der Waals surface area (Å²) in [7, 11) is 0. The lowest BCUT2D eigenvalue weighted by Gasteiger charge is -2.38. The Kier molecular flexibility index (Phi) is 4.04. The number of fused-ring (bicyclic) bond motifs is 1. The Balaban J connectivity index is 1.82. The fourth-order valence-electron chi connectivity index (χ4n) is 3.33. The van der Waals surface area contributed by atoms with E-state index in [1.54, 1.807) is 0 Å². The van der Waals surface area contributed by atoms with Gasteiger partial charge in [0.15, 0.2) is 0 Å². The van der Waals surface area contributed by atoms with Crippen LogP contribution in [0.1, 0.15) is 43.4 Å². The number of hydrogen-bond acceptors (Lipinski definition) is 3. The predicted molar refractivity (Wildman–Crippen MR) is 77.5 cm³/mol. The van der Waals surface area contributed by atoms with Crippen molar-refractivity contribution >= 4 is 0 Å². The number of ether oxygens (including phenoxy) is 1. The molecule has 1 N–H and O–H groups in total. The van der Waals surface area contributed by atoms with Crippen molar-refractivity contribution in [3.8, 4) is 5.75 Å². The predicted octanol–water partition coefficient (Wildman–Crippen LogP) is 2.72. The van der Waals surface area contributed by atoms with Crippen molar-refractivity contribution in [2.24, 2.45) is 0 Å². The molecule has 3 heteroatoms. The molecule has 3 rings (SSSR count). The van der Waals surface area contributed by atoms with Gasteiger partial charge in [-0.15, -0.1) is 0 Å². The summed E-state index contributed by atoms with van der Waals surface area (Å²) in [4.78, 5) is 2.65. The van der Waals surface area contributed by atoms with Gasteiger partial charge in [-0.2, -0.15) is 0 Å². The third kappa shape index (κ3) is 2.77. The second-order valence-corrected chi connectivity index (χ2v) is 5.54. The Morgan fingerprint density at radius 1 is 1.26 bits per heavy atom. The molecule has 0 spiro atoms. The minimum atomic E-state index is 0.555. The van der Waals surface area contributed by atoms with E-state index in [4.69, 9.17) is 4.74 Å². The van der Waals surface area contributed by atoms with E-state index < -0.39 is 0 Å². The average Bonchev–Trinajstić information content (AvgIpc) is 2.48. The first-order valence-corrected chi connectivity index (χ1v) is 7.59. The Morgan fingerprint density at radius 2 is 2.11 bits per heavy atom. The van der Waals surface area contributed by atoms with Gasteiger partial charge in [-0.05, 0) is 56.1 Å². The zero-order valence-corrected chi connectivity index (χ0v) is 11.8. The highest BCUT2D eigenvalue weighted by Gasteiger charge is 2.26. The quantitative estimate of drug-likeness (QED) is 0.904. The molecule has 1 aromatic rings. The van der Waals surface area contributed by atoms with Gasteiger partial charge in [0.2, 0.25) is 0 Å². The monoisotopic (exact) mass is 260 g/mol. The molecule has 2 heterocycles. The summed E-state index contributed by atoms with van der Waals surface area (Å²) in [6.07, 6.45) is 4.10. The third-order valence-corrected chi connectivity index (χ3v) is 4.27. The van der Waals surface area contributed by atoms with Crippen LogP contribution in [0.5, 0.6) is 5.75 Å². The summed E-state index contributed by atoms with van der Waals surface area (Å²) in [6.45, 7) is 7.33. The zero-order chi connectivity index (χ0) is 13.1. The molecule has 19 heavy (non-hydrogen) atoms. The Morgan fingerprint density at radius 3 is 2.89 bits per heavy atom. The lowest BCUT2D eigenvalue weighted by Crippen LogP contribution is -2.42. The molecule has 1 saturated heterocycles. The van der Waals surface area contributed by atoms with E-state index >= 15 is 0 Å². The van der Waals surface area contributed by atoms with Gasteiger partial charge in [-0.25, -0.2) is 0 Å². The number of likely N-dealkylation sites (tertiary alicyclic amines) is 1. The van der Waals surface area contributed by atoms with Crippen molar-refractivity contribution in [3.05, 3.63) is 29.3 Å². The molecule has 0 radical (unpaired) electrons. The maximum Gasteiger partial charge on any atom is 0.119 e. The molecule has 0 bridgehead atoms. The van der Waals surface area contributed by atoms with Crippen molar-refractivity contribution in [1.29, 1.82) is 0 Å². The summed E-state index contributed by atoms with van der Waals surface area (Å²) in [5, 5.41) is 3.56. The first kappa shape index (κ1) is 12.9. The van der Waals surface area contributed by atoms with Crippen LogP contribution in [0.2, 0.25) is 0 Å². The third-order valence-electron chi connectivity index (χ3n) is 4.27. The van der Waals surface area contributed by atoms with Crippen LogP contribution >= 0.6 is 0 Å². The molecule has 1 aromatic carbocycles. The van der Waals surface area contributed by atoms with Crippen molar-refractivity contribution in [2.75, 3.05) is 26.2 Å². The SMILES string of the molecule is CCOc1ccc2c(c1)CNC[C@@H]2N1CCCCC1. The lowest BCUT2D eigenvalue weighted by molar-refractivity contribution is 0.154. The molecule has 0 unspecified atom stereocenters. The van der Waals surface area contributed by atoms with Crippen molar-refractivity contribution in [1.82, 2.24) is 10.2 Å². The molecule has 104 valence electrons. The molecule has 2 aliphatic rings. The molecule has 1 fully saturated rings. The van der Waals surface area contributed by atoms with Crippen LogP contribution in [-0.4, -0.2) is 31.1 Å². The van der Waals surface area contributed by atoms with E-state index in [9.17, 15) is 0 Å². The number of hydrogen-bond donors (Lipinski definition) is 1. The Labute approximate surface area is 115 Å². The maximum absolute atomic E-state index is 5.61. The van der Waals surface area contributed by atoms with Gasteiger partial charge in [0, 0.05) is 19.1 Å². The highest BCUT2D eigenvalue weighted by atomic mass is 16.5. The van der Waals surface area contributed by atoms with Crippen LogP contribution in [0.15, 0.2) is 18.2 Å². The standard InChI is InChI=1S/C16H24N2O/c1-2-19-14-6-7-15-13(10-14)11-17-12-16(15)18-8-4-3-5-9-18/h6-7,10,16-17H,2-5,8-9,11-12H2,1H3/t16-/m0/s1. The number of rotatable bonds is 3. The topological polar surface area (TPSA) is 24.5 Å². The van der Waals surface area contributed by atoms with Gasteiger partial charge in [-0.1, -0.05) is 12.5 Å². The summed E-state index contributed by atoms with van der Waals surface area (Å²) in [5.41, 5.74) is 2.91. The second kappa shape index (κ2) is 5.93. The van der Waals surface area contributed by atoms with Gasteiger partial charge in [-0.3, -0.25) is 4.90 Å². The first-order chi connectivity index (χ1) is 9.38. The van der Waals surface area contributed by atoms with Gasteiger partial charge in [0.1, 0.15) is 5.75 Å². The second-order valence-electron chi connectivity index (χ2n) is 5.54. The van der Waals surface area contributed by atoms with Crippen LogP contribution in [0.4, 0.5) is 0 Å². The molecule has 0 saturated carbocycles. The maximum atomic E-state index is 5.61. The van der Waals surface area contributed by atoms with E-state index in [1.165, 1.54) is 43.5 Å². The van der Waals surface area contributed by atoms with E-state index in [2.05, 4.69) is 28.4 Å². The highest BCUT2D eigenvalue weighted by molar-refractivity contribution is 5.39. The molecule has 3 nitrogen and oxygen atoms in total. The van der Waals surface area contributed by atoms with Crippen molar-refractivity contribution in [2.45, 2.75) is 38.8 Å². The smallest absolute Gasteiger partial charge is 0.119 e. The van der Waals surface area contributed by atoms with E-state index in [1.807, 2.05) is 6.92 Å². The van der Waals surface area contributed by atoms with Crippen LogP contribution in [0.25, 0.3) is 0 Å². The Bertz CT molecular complexity index is 427. The van der Waals surface area contributed by atoms with Crippen LogP contribution in [-0.2, 0) is 6.54 Å². The average molecular weight is 260 g/mol. The molecule has 2 aliphatic heterocycles. The van der Waals surface area contributed by atoms with Crippen molar-refractivity contribution < 1.29 is 4.74 Å². The zero-order valence-electron chi connectivity index (χ0n) is 11.8. The molecular formula is C16H24N2O. The van der Waals surface area contributed by atoms with Gasteiger partial charge >= 0.3 is 0 Å². The molecule has 0 aliphatic carbocycles. The van der Waals surface area contributed by atoms with Gasteiger partial charge in [0.05, 0.1) is 6.61 Å². The first-order valence-electron chi connectivity index (χ1n) is 7.59. The van der Waals surface area contributed by atoms with E-state index in [0.717, 1.165) is 25.4 Å². The number of nitrogens with one attached hydrogen (secondary N) is 1.